The molecule has 4 rings (SSSR count). The number of imidazole rings is 1. The molecule has 0 fully saturated rings. The third-order valence-corrected chi connectivity index (χ3v) is 3.73. The number of pyridine rings is 1. The molecule has 5 heteroatoms. The van der Waals surface area contributed by atoms with E-state index in [1.54, 1.807) is 24.7 Å². The summed E-state index contributed by atoms with van der Waals surface area (Å²) in [7, 11) is 0. The maximum atomic E-state index is 9.35. The van der Waals surface area contributed by atoms with E-state index < -0.39 is 0 Å². The van der Waals surface area contributed by atoms with Gasteiger partial charge in [-0.3, -0.25) is 10.4 Å². The molecule has 1 radical (unpaired) electrons. The molecule has 0 aliphatic heterocycles. The lowest BCUT2D eigenvalue weighted by Gasteiger charge is -2.11. The van der Waals surface area contributed by atoms with Crippen molar-refractivity contribution >= 4 is 16.7 Å². The van der Waals surface area contributed by atoms with E-state index in [4.69, 9.17) is 0 Å². The Balaban J connectivity index is 1.76. The minimum absolute atomic E-state index is 0.578. The molecule has 0 aliphatic carbocycles. The van der Waals surface area contributed by atoms with Gasteiger partial charge in [0.1, 0.15) is 6.33 Å². The summed E-state index contributed by atoms with van der Waals surface area (Å²) in [5, 5.41) is 9.35. The largest absolute Gasteiger partial charge is 0.293 e. The van der Waals surface area contributed by atoms with Gasteiger partial charge in [-0.15, -0.1) is 0 Å². The number of aromatic nitrogens is 3. The van der Waals surface area contributed by atoms with Crippen molar-refractivity contribution in [3.05, 3.63) is 78.8 Å². The number of nitrogens with one attached hydrogen (secondary N) is 1. The number of hydrogen-bond donors (Lipinski definition) is 1. The van der Waals surface area contributed by atoms with Crippen molar-refractivity contribution < 1.29 is 0 Å². The number of fused-ring (bicyclic) bond motifs is 1. The van der Waals surface area contributed by atoms with Crippen molar-refractivity contribution in [2.24, 2.45) is 0 Å². The average Bonchev–Trinajstić information content (AvgIpc) is 3.05. The fourth-order valence-corrected chi connectivity index (χ4v) is 2.59. The molecule has 0 amide bonds. The molecule has 0 saturated heterocycles. The first kappa shape index (κ1) is 14.0. The zero-order chi connectivity index (χ0) is 16.4. The first-order chi connectivity index (χ1) is 11.8. The highest BCUT2D eigenvalue weighted by molar-refractivity contribution is 5.77. The molecule has 2 aromatic carbocycles. The number of hydrogen-bond acceptors (Lipinski definition) is 4. The molecule has 113 valence electrons. The Morgan fingerprint density at radius 1 is 1.08 bits per heavy atom. The van der Waals surface area contributed by atoms with Crippen LogP contribution in [0.4, 0.5) is 5.69 Å². The predicted octanol–water partition coefficient (Wildman–Crippen LogP) is 3.65. The fourth-order valence-electron chi connectivity index (χ4n) is 2.59. The van der Waals surface area contributed by atoms with Crippen LogP contribution in [0.25, 0.3) is 22.3 Å². The van der Waals surface area contributed by atoms with Gasteiger partial charge in [-0.1, -0.05) is 18.2 Å². The third-order valence-electron chi connectivity index (χ3n) is 3.73. The van der Waals surface area contributed by atoms with E-state index in [-0.39, 0.29) is 0 Å². The zero-order valence-corrected chi connectivity index (χ0v) is 12.6. The van der Waals surface area contributed by atoms with Crippen LogP contribution >= 0.6 is 0 Å². The van der Waals surface area contributed by atoms with Crippen LogP contribution in [0.2, 0.25) is 0 Å². The van der Waals surface area contributed by atoms with Gasteiger partial charge in [-0.05, 0) is 36.4 Å². The Kier molecular flexibility index (Phi) is 3.41. The Bertz CT molecular complexity index is 1040. The topological polar surface area (TPSA) is 66.5 Å². The molecule has 0 saturated carbocycles. The fraction of sp³-hybridized carbons (Fsp3) is 0. The van der Waals surface area contributed by atoms with Gasteiger partial charge in [0.05, 0.1) is 34.0 Å². The molecule has 1 N–H and O–H groups in total. The van der Waals surface area contributed by atoms with Gasteiger partial charge in [0.15, 0.2) is 0 Å². The lowest BCUT2D eigenvalue weighted by molar-refractivity contribution is 0.989. The summed E-state index contributed by atoms with van der Waals surface area (Å²) in [6.45, 7) is 0. The average molecular weight is 310 g/mol. The maximum Gasteiger partial charge on any atom is 0.116 e. The van der Waals surface area contributed by atoms with E-state index in [0.717, 1.165) is 28.0 Å². The van der Waals surface area contributed by atoms with Gasteiger partial charge in [-0.25, -0.2) is 9.66 Å². The Labute approximate surface area is 138 Å². The second-order valence-electron chi connectivity index (χ2n) is 5.23. The van der Waals surface area contributed by atoms with E-state index in [1.165, 1.54) is 0 Å². The number of para-hydroxylation sites is 2. The summed E-state index contributed by atoms with van der Waals surface area (Å²) in [4.78, 5) is 8.65. The van der Waals surface area contributed by atoms with Crippen molar-refractivity contribution in [3.63, 3.8) is 0 Å². The normalized spacial score (nSPS) is 10.5. The smallest absolute Gasteiger partial charge is 0.116 e. The summed E-state index contributed by atoms with van der Waals surface area (Å²) in [5.41, 5.74) is 8.14. The summed E-state index contributed by atoms with van der Waals surface area (Å²) >= 11 is 0. The van der Waals surface area contributed by atoms with Crippen molar-refractivity contribution in [1.29, 1.82) is 5.26 Å². The molecule has 0 unspecified atom stereocenters. The number of benzene rings is 2. The van der Waals surface area contributed by atoms with E-state index in [0.29, 0.717) is 5.56 Å². The molecule has 0 aliphatic rings. The Morgan fingerprint density at radius 2 is 2.00 bits per heavy atom. The van der Waals surface area contributed by atoms with Gasteiger partial charge in [0.25, 0.3) is 0 Å². The van der Waals surface area contributed by atoms with Crippen LogP contribution in [0.1, 0.15) is 5.56 Å². The molecular weight excluding hydrogens is 298 g/mol. The maximum absolute atomic E-state index is 9.35. The Hall–Kier alpha value is -3.65. The van der Waals surface area contributed by atoms with Crippen LogP contribution in [-0.4, -0.2) is 14.6 Å². The zero-order valence-electron chi connectivity index (χ0n) is 12.6. The molecule has 0 spiro atoms. The lowest BCUT2D eigenvalue weighted by atomic mass is 10.0. The van der Waals surface area contributed by atoms with Crippen molar-refractivity contribution in [2.75, 3.05) is 5.43 Å². The number of nitrogens with zero attached hydrogens (tertiary/aromatic N) is 4. The molecule has 5 nitrogen and oxygen atoms in total. The molecule has 2 aromatic heterocycles. The lowest BCUT2D eigenvalue weighted by Crippen LogP contribution is -2.07. The van der Waals surface area contributed by atoms with Gasteiger partial charge in [-0.2, -0.15) is 5.26 Å². The van der Waals surface area contributed by atoms with Crippen LogP contribution < -0.4 is 5.43 Å². The highest BCUT2D eigenvalue weighted by atomic mass is 15.4. The number of rotatable bonds is 3. The first-order valence-electron chi connectivity index (χ1n) is 7.41. The van der Waals surface area contributed by atoms with E-state index in [9.17, 15) is 5.26 Å². The summed E-state index contributed by atoms with van der Waals surface area (Å²) < 4.78 is 1.85. The number of nitriles is 1. The van der Waals surface area contributed by atoms with Gasteiger partial charge >= 0.3 is 0 Å². The highest BCUT2D eigenvalue weighted by Gasteiger charge is 2.08. The van der Waals surface area contributed by atoms with E-state index in [2.05, 4.69) is 27.5 Å². The second-order valence-corrected chi connectivity index (χ2v) is 5.23. The monoisotopic (exact) mass is 310 g/mol. The van der Waals surface area contributed by atoms with Crippen LogP contribution in [0.15, 0.2) is 67.1 Å². The van der Waals surface area contributed by atoms with Gasteiger partial charge in [0, 0.05) is 17.8 Å². The molecule has 0 atom stereocenters. The summed E-state index contributed by atoms with van der Waals surface area (Å²) in [6.07, 6.45) is 3.33. The minimum atomic E-state index is 0.578. The summed E-state index contributed by atoms with van der Waals surface area (Å²) in [6, 6.07) is 22.2. The van der Waals surface area contributed by atoms with Gasteiger partial charge < -0.3 is 0 Å². The van der Waals surface area contributed by atoms with Crippen molar-refractivity contribution in [3.8, 4) is 17.3 Å². The molecule has 4 aromatic rings. The third kappa shape index (κ3) is 2.46. The van der Waals surface area contributed by atoms with Crippen molar-refractivity contribution in [1.82, 2.24) is 14.6 Å². The molecule has 0 bridgehead atoms. The molecular formula is C19H12N5. The quantitative estimate of drug-likeness (QED) is 0.627. The predicted molar refractivity (Wildman–Crippen MR) is 92.0 cm³/mol. The minimum Gasteiger partial charge on any atom is -0.293 e. The van der Waals surface area contributed by atoms with Crippen LogP contribution in [-0.2, 0) is 0 Å². The van der Waals surface area contributed by atoms with Gasteiger partial charge in [0.2, 0.25) is 0 Å². The highest BCUT2D eigenvalue weighted by Crippen LogP contribution is 2.25. The van der Waals surface area contributed by atoms with Crippen LogP contribution in [0.5, 0.6) is 0 Å². The van der Waals surface area contributed by atoms with E-state index in [1.807, 2.05) is 47.1 Å². The van der Waals surface area contributed by atoms with Crippen LogP contribution in [0, 0.1) is 17.4 Å². The Morgan fingerprint density at radius 3 is 2.83 bits per heavy atom. The second kappa shape index (κ2) is 5.86. The molecule has 2 heterocycles. The first-order valence-corrected chi connectivity index (χ1v) is 7.41. The van der Waals surface area contributed by atoms with E-state index >= 15 is 0 Å². The van der Waals surface area contributed by atoms with Crippen LogP contribution in [0.3, 0.4) is 0 Å². The molecule has 24 heavy (non-hydrogen) atoms. The van der Waals surface area contributed by atoms with Crippen molar-refractivity contribution in [2.45, 2.75) is 0 Å². The SMILES string of the molecule is N#Cc1ccc(Nn2cnc3ccccc32)cc1-c1cc[c]cn1. The standard InChI is InChI=1S/C19H12N5/c20-12-14-8-9-15(11-16(14)17-5-3-4-10-21-17)23-24-13-22-18-6-1-2-7-19(18)24/h1-3,5-11,13,23H. The number of anilines is 1. The summed E-state index contributed by atoms with van der Waals surface area (Å²) in [5.74, 6) is 0.